The van der Waals surface area contributed by atoms with E-state index in [0.717, 1.165) is 24.1 Å². The fourth-order valence-corrected chi connectivity index (χ4v) is 7.00. The third kappa shape index (κ3) is 7.44. The van der Waals surface area contributed by atoms with Crippen molar-refractivity contribution >= 4 is 21.8 Å². The fourth-order valence-electron chi connectivity index (χ4n) is 6.11. The van der Waals surface area contributed by atoms with Gasteiger partial charge in [0.1, 0.15) is 6.61 Å². The van der Waals surface area contributed by atoms with Crippen LogP contribution in [0.4, 0.5) is 18.0 Å². The average molecular weight is 610 g/mol. The molecule has 1 aliphatic carbocycles. The van der Waals surface area contributed by atoms with Crippen molar-refractivity contribution in [3.63, 3.8) is 0 Å². The molecule has 1 saturated carbocycles. The molecule has 1 heterocycles. The van der Waals surface area contributed by atoms with E-state index in [4.69, 9.17) is 10.5 Å². The number of alkyl halides is 3. The minimum absolute atomic E-state index is 0.0505. The van der Waals surface area contributed by atoms with E-state index in [0.29, 0.717) is 30.5 Å². The van der Waals surface area contributed by atoms with E-state index in [-0.39, 0.29) is 42.1 Å². The summed E-state index contributed by atoms with van der Waals surface area (Å²) >= 11 is 0. The first-order chi connectivity index (χ1) is 19.8. The predicted octanol–water partition coefficient (Wildman–Crippen LogP) is 5.68. The number of ether oxygens (including phenoxy) is 1. The molecular formula is C30H38F3N3O5S. The lowest BCUT2D eigenvalue weighted by Gasteiger charge is -2.34. The van der Waals surface area contributed by atoms with Gasteiger partial charge in [-0.15, -0.1) is 0 Å². The number of rotatable bonds is 10. The standard InChI is InChI=1S/C30H38F3N3O5S/c1-3-27-25-14-9-21(15-22(25)17-36(27)16-19-5-10-23(11-6-19)30(31,32)33)28(37)35-26(18-41-29(34)38)20-7-12-24(13-8-20)42(39,40)4-2/h7-9,12-15,19,23,26-27H,3-6,10-11,16-18H2,1-2H3,(H2,34,38)(H,35,37)/t19-,23-,26-,27?/m0/s1. The Bertz CT molecular complexity index is 1370. The van der Waals surface area contributed by atoms with Crippen molar-refractivity contribution in [2.75, 3.05) is 18.9 Å². The van der Waals surface area contributed by atoms with Crippen LogP contribution in [0.15, 0.2) is 47.4 Å². The van der Waals surface area contributed by atoms with Gasteiger partial charge in [-0.3, -0.25) is 9.69 Å². The first kappa shape index (κ1) is 31.8. The van der Waals surface area contributed by atoms with Crippen LogP contribution >= 0.6 is 0 Å². The number of nitrogens with one attached hydrogen (secondary N) is 1. The number of nitrogens with zero attached hydrogens (tertiary/aromatic N) is 1. The van der Waals surface area contributed by atoms with Crippen LogP contribution in [0.2, 0.25) is 0 Å². The van der Waals surface area contributed by atoms with Crippen LogP contribution < -0.4 is 11.1 Å². The number of amides is 2. The number of halogens is 3. The summed E-state index contributed by atoms with van der Waals surface area (Å²) in [4.78, 5) is 27.1. The summed E-state index contributed by atoms with van der Waals surface area (Å²) in [6.45, 7) is 4.71. The molecule has 2 amide bonds. The van der Waals surface area contributed by atoms with E-state index in [2.05, 4.69) is 17.1 Å². The molecule has 3 N–H and O–H groups in total. The van der Waals surface area contributed by atoms with Crippen LogP contribution in [-0.2, 0) is 21.1 Å². The third-order valence-corrected chi connectivity index (χ3v) is 10.2. The molecule has 4 rings (SSSR count). The van der Waals surface area contributed by atoms with Crippen molar-refractivity contribution in [3.8, 4) is 0 Å². The molecule has 2 aromatic carbocycles. The van der Waals surface area contributed by atoms with Gasteiger partial charge in [0.2, 0.25) is 0 Å². The Morgan fingerprint density at radius 2 is 1.74 bits per heavy atom. The fraction of sp³-hybridized carbons (Fsp3) is 0.533. The summed E-state index contributed by atoms with van der Waals surface area (Å²) in [7, 11) is -3.41. The van der Waals surface area contributed by atoms with Crippen molar-refractivity contribution in [1.82, 2.24) is 10.2 Å². The number of benzene rings is 2. The summed E-state index contributed by atoms with van der Waals surface area (Å²) < 4.78 is 68.6. The van der Waals surface area contributed by atoms with Crippen molar-refractivity contribution in [1.29, 1.82) is 0 Å². The van der Waals surface area contributed by atoms with Gasteiger partial charge in [0.25, 0.3) is 5.91 Å². The summed E-state index contributed by atoms with van der Waals surface area (Å²) in [5.41, 5.74) is 8.20. The zero-order chi connectivity index (χ0) is 30.7. The van der Waals surface area contributed by atoms with Crippen LogP contribution in [0.1, 0.15) is 85.1 Å². The highest BCUT2D eigenvalue weighted by molar-refractivity contribution is 7.91. The maximum absolute atomic E-state index is 13.3. The molecule has 1 fully saturated rings. The second-order valence-corrected chi connectivity index (χ2v) is 13.4. The normalized spacial score (nSPS) is 21.9. The van der Waals surface area contributed by atoms with Crippen LogP contribution in [0.3, 0.4) is 0 Å². The molecule has 0 bridgehead atoms. The molecular weight excluding hydrogens is 571 g/mol. The average Bonchev–Trinajstić information content (AvgIpc) is 3.30. The van der Waals surface area contributed by atoms with Crippen LogP contribution in [-0.4, -0.2) is 50.4 Å². The molecule has 1 aliphatic heterocycles. The van der Waals surface area contributed by atoms with E-state index in [1.54, 1.807) is 25.1 Å². The lowest BCUT2D eigenvalue weighted by Crippen LogP contribution is -2.33. The van der Waals surface area contributed by atoms with Gasteiger partial charge in [-0.25, -0.2) is 13.2 Å². The lowest BCUT2D eigenvalue weighted by atomic mass is 9.81. The predicted molar refractivity (Wildman–Crippen MR) is 151 cm³/mol. The van der Waals surface area contributed by atoms with Gasteiger partial charge >= 0.3 is 12.3 Å². The van der Waals surface area contributed by atoms with Crippen molar-refractivity contribution in [2.24, 2.45) is 17.6 Å². The van der Waals surface area contributed by atoms with Gasteiger partial charge in [-0.2, -0.15) is 13.2 Å². The number of nitrogens with two attached hydrogens (primary N) is 1. The first-order valence-corrected chi connectivity index (χ1v) is 16.0. The molecule has 2 aliphatic rings. The molecule has 2 atom stereocenters. The van der Waals surface area contributed by atoms with Gasteiger partial charge in [-0.05, 0) is 79.0 Å². The van der Waals surface area contributed by atoms with Gasteiger partial charge in [-0.1, -0.05) is 32.0 Å². The minimum Gasteiger partial charge on any atom is -0.447 e. The third-order valence-electron chi connectivity index (χ3n) is 8.49. The Labute approximate surface area is 244 Å². The summed E-state index contributed by atoms with van der Waals surface area (Å²) in [5, 5.41) is 2.86. The highest BCUT2D eigenvalue weighted by atomic mass is 32.2. The maximum atomic E-state index is 13.3. The highest BCUT2D eigenvalue weighted by Gasteiger charge is 2.42. The number of carbonyl (C=O) groups excluding carboxylic acids is 2. The zero-order valence-corrected chi connectivity index (χ0v) is 24.6. The molecule has 230 valence electrons. The number of primary amides is 1. The molecule has 0 spiro atoms. The number of hydrogen-bond acceptors (Lipinski definition) is 6. The number of fused-ring (bicyclic) bond motifs is 1. The van der Waals surface area contributed by atoms with Crippen LogP contribution in [0, 0.1) is 11.8 Å². The Balaban J connectivity index is 1.45. The van der Waals surface area contributed by atoms with Gasteiger partial charge in [0, 0.05) is 24.7 Å². The van der Waals surface area contributed by atoms with Gasteiger partial charge in [0.05, 0.1) is 22.6 Å². The SMILES string of the molecule is CCC1c2ccc(C(=O)N[C@@H](COC(N)=O)c3ccc(S(=O)(=O)CC)cc3)cc2CN1C[C@H]1CC[C@H](C(F)(F)F)CC1. The Morgan fingerprint density at radius 1 is 1.07 bits per heavy atom. The first-order valence-electron chi connectivity index (χ1n) is 14.3. The number of carbonyl (C=O) groups is 2. The molecule has 42 heavy (non-hydrogen) atoms. The largest absolute Gasteiger partial charge is 0.447 e. The molecule has 2 aromatic rings. The smallest absolute Gasteiger partial charge is 0.404 e. The summed E-state index contributed by atoms with van der Waals surface area (Å²) in [6, 6.07) is 10.9. The molecule has 12 heteroatoms. The van der Waals surface area contributed by atoms with Crippen molar-refractivity contribution in [2.45, 2.75) is 75.7 Å². The molecule has 0 saturated heterocycles. The minimum atomic E-state index is -4.12. The second kappa shape index (κ2) is 13.0. The molecule has 8 nitrogen and oxygen atoms in total. The second-order valence-electron chi connectivity index (χ2n) is 11.2. The quantitative estimate of drug-likeness (QED) is 0.358. The highest BCUT2D eigenvalue weighted by Crippen LogP contribution is 2.42. The summed E-state index contributed by atoms with van der Waals surface area (Å²) in [6.07, 6.45) is -2.83. The Morgan fingerprint density at radius 3 is 2.31 bits per heavy atom. The Kier molecular flexibility index (Phi) is 9.87. The lowest BCUT2D eigenvalue weighted by molar-refractivity contribution is -0.184. The van der Waals surface area contributed by atoms with E-state index < -0.39 is 40.0 Å². The number of hydrogen-bond donors (Lipinski definition) is 2. The Hall–Kier alpha value is -3.12. The monoisotopic (exact) mass is 609 g/mol. The molecule has 0 aromatic heterocycles. The zero-order valence-electron chi connectivity index (χ0n) is 23.8. The number of sulfone groups is 1. The van der Waals surface area contributed by atoms with E-state index >= 15 is 0 Å². The van der Waals surface area contributed by atoms with Crippen LogP contribution in [0.25, 0.3) is 0 Å². The van der Waals surface area contributed by atoms with Crippen molar-refractivity contribution in [3.05, 3.63) is 64.7 Å². The molecule has 1 unspecified atom stereocenters. The molecule has 0 radical (unpaired) electrons. The van der Waals surface area contributed by atoms with Crippen LogP contribution in [0.5, 0.6) is 0 Å². The van der Waals surface area contributed by atoms with Gasteiger partial charge < -0.3 is 15.8 Å². The van der Waals surface area contributed by atoms with E-state index in [1.807, 2.05) is 12.1 Å². The topological polar surface area (TPSA) is 119 Å². The summed E-state index contributed by atoms with van der Waals surface area (Å²) in [5.74, 6) is -1.45. The van der Waals surface area contributed by atoms with Gasteiger partial charge in [0.15, 0.2) is 9.84 Å². The van der Waals surface area contributed by atoms with Crippen molar-refractivity contribution < 1.29 is 35.9 Å². The van der Waals surface area contributed by atoms with E-state index in [9.17, 15) is 31.2 Å². The maximum Gasteiger partial charge on any atom is 0.404 e. The van der Waals surface area contributed by atoms with E-state index in [1.165, 1.54) is 12.1 Å².